The molecule has 1 heterocycles. The van der Waals surface area contributed by atoms with Gasteiger partial charge in [0.25, 0.3) is 5.69 Å². The number of non-ortho nitro benzene ring substituents is 1. The molecule has 30 heavy (non-hydrogen) atoms. The van der Waals surface area contributed by atoms with Crippen LogP contribution < -0.4 is 15.0 Å². The monoisotopic (exact) mass is 411 g/mol. The van der Waals surface area contributed by atoms with Gasteiger partial charge in [0.15, 0.2) is 0 Å². The van der Waals surface area contributed by atoms with E-state index in [4.69, 9.17) is 9.57 Å². The molecule has 0 amide bonds. The molecule has 0 atom stereocenters. The number of hydrazone groups is 1. The molecule has 0 unspecified atom stereocenters. The number of rotatable bonds is 9. The van der Waals surface area contributed by atoms with Gasteiger partial charge in [-0.2, -0.15) is 9.83 Å². The van der Waals surface area contributed by atoms with Gasteiger partial charge < -0.3 is 9.57 Å². The van der Waals surface area contributed by atoms with E-state index in [1.165, 1.54) is 17.0 Å². The zero-order valence-corrected chi connectivity index (χ0v) is 15.8. The highest BCUT2D eigenvalue weighted by atomic mass is 16.7. The molecule has 3 rings (SSSR count). The maximum atomic E-state index is 11.2. The van der Waals surface area contributed by atoms with Gasteiger partial charge in [-0.25, -0.2) is 0 Å². The Morgan fingerprint density at radius 3 is 2.53 bits per heavy atom. The molecule has 11 heteroatoms. The van der Waals surface area contributed by atoms with Crippen molar-refractivity contribution >= 4 is 23.3 Å². The Bertz CT molecular complexity index is 1080. The first-order valence-electron chi connectivity index (χ1n) is 8.63. The maximum Gasteiger partial charge on any atom is 0.301 e. The zero-order chi connectivity index (χ0) is 21.5. The highest BCUT2D eigenvalue weighted by Crippen LogP contribution is 2.28. The largest absolute Gasteiger partial charge is 0.497 e. The number of methoxy groups -OCH3 is 1. The van der Waals surface area contributed by atoms with E-state index >= 15 is 0 Å². The van der Waals surface area contributed by atoms with Crippen LogP contribution in [0.4, 0.5) is 17.1 Å². The summed E-state index contributed by atoms with van der Waals surface area (Å²) in [4.78, 5) is 26.3. The molecule has 0 aliphatic heterocycles. The molecule has 154 valence electrons. The standard InChI is InChI=1S/C19H17N5O6/c1-29-17-7-4-14(5-8-17)13-30-22-10-2-3-16(22)12-20-21-18-9-6-15(23(25)26)11-19(18)24(27)28/h2-12,21H,13H2,1H3/b20-12+. The Morgan fingerprint density at radius 2 is 1.87 bits per heavy atom. The predicted molar refractivity (Wildman–Crippen MR) is 109 cm³/mol. The van der Waals surface area contributed by atoms with E-state index in [2.05, 4.69) is 10.5 Å². The Morgan fingerprint density at radius 1 is 1.10 bits per heavy atom. The van der Waals surface area contributed by atoms with Crippen LogP contribution >= 0.6 is 0 Å². The number of hydrogen-bond acceptors (Lipinski definition) is 8. The van der Waals surface area contributed by atoms with Gasteiger partial charge in [-0.05, 0) is 35.9 Å². The van der Waals surface area contributed by atoms with Crippen LogP contribution in [0.3, 0.4) is 0 Å². The van der Waals surface area contributed by atoms with Crippen LogP contribution in [0.15, 0.2) is 65.9 Å². The summed E-state index contributed by atoms with van der Waals surface area (Å²) in [6.07, 6.45) is 3.11. The highest BCUT2D eigenvalue weighted by Gasteiger charge is 2.19. The molecule has 1 N–H and O–H groups in total. The SMILES string of the molecule is COc1ccc(COn2cccc2/C=N/Nc2ccc([N+](=O)[O-])cc2[N+](=O)[O-])cc1. The molecule has 0 spiro atoms. The lowest BCUT2D eigenvalue weighted by molar-refractivity contribution is -0.393. The van der Waals surface area contributed by atoms with Gasteiger partial charge in [0.05, 0.1) is 34.9 Å². The Balaban J connectivity index is 1.67. The second-order valence-corrected chi connectivity index (χ2v) is 5.97. The van der Waals surface area contributed by atoms with Gasteiger partial charge in [0, 0.05) is 12.3 Å². The predicted octanol–water partition coefficient (Wildman–Crippen LogP) is 3.39. The normalized spacial score (nSPS) is 10.7. The molecule has 0 aliphatic carbocycles. The minimum Gasteiger partial charge on any atom is -0.497 e. The topological polar surface area (TPSA) is 134 Å². The fraction of sp³-hybridized carbons (Fsp3) is 0.105. The molecular weight excluding hydrogens is 394 g/mol. The van der Waals surface area contributed by atoms with E-state index in [0.29, 0.717) is 12.3 Å². The van der Waals surface area contributed by atoms with E-state index in [1.807, 2.05) is 24.3 Å². The van der Waals surface area contributed by atoms with E-state index in [1.54, 1.807) is 25.4 Å². The van der Waals surface area contributed by atoms with E-state index in [0.717, 1.165) is 23.4 Å². The van der Waals surface area contributed by atoms with E-state index < -0.39 is 15.5 Å². The Labute approximate surface area is 170 Å². The summed E-state index contributed by atoms with van der Waals surface area (Å²) in [5.74, 6) is 0.749. The number of hydrogen-bond donors (Lipinski definition) is 1. The number of anilines is 1. The van der Waals surface area contributed by atoms with Crippen molar-refractivity contribution in [2.24, 2.45) is 5.10 Å². The molecule has 2 aromatic carbocycles. The smallest absolute Gasteiger partial charge is 0.301 e. The summed E-state index contributed by atoms with van der Waals surface area (Å²) in [5, 5.41) is 25.9. The quantitative estimate of drug-likeness (QED) is 0.324. The molecule has 0 bridgehead atoms. The van der Waals surface area contributed by atoms with Crippen LogP contribution in [0.25, 0.3) is 0 Å². The Hall–Kier alpha value is -4.41. The molecule has 3 aromatic rings. The Kier molecular flexibility index (Phi) is 6.23. The second-order valence-electron chi connectivity index (χ2n) is 5.97. The summed E-state index contributed by atoms with van der Waals surface area (Å²) >= 11 is 0. The highest BCUT2D eigenvalue weighted by molar-refractivity contribution is 5.78. The van der Waals surface area contributed by atoms with E-state index in [9.17, 15) is 20.2 Å². The lowest BCUT2D eigenvalue weighted by Gasteiger charge is -2.09. The van der Waals surface area contributed by atoms with Crippen LogP contribution in [-0.4, -0.2) is 27.9 Å². The second kappa shape index (κ2) is 9.19. The van der Waals surface area contributed by atoms with Gasteiger partial charge in [0.2, 0.25) is 0 Å². The molecule has 0 radical (unpaired) electrons. The van der Waals surface area contributed by atoms with Gasteiger partial charge in [-0.3, -0.25) is 25.7 Å². The summed E-state index contributed by atoms with van der Waals surface area (Å²) in [7, 11) is 1.59. The van der Waals surface area contributed by atoms with E-state index in [-0.39, 0.29) is 11.4 Å². The van der Waals surface area contributed by atoms with Crippen LogP contribution in [0.5, 0.6) is 5.75 Å². The maximum absolute atomic E-state index is 11.2. The number of nitro benzene ring substituents is 2. The fourth-order valence-corrected chi connectivity index (χ4v) is 2.51. The van der Waals surface area contributed by atoms with Crippen molar-refractivity contribution in [3.8, 4) is 5.75 Å². The average molecular weight is 411 g/mol. The first kappa shape index (κ1) is 20.3. The number of nitrogens with one attached hydrogen (secondary N) is 1. The lowest BCUT2D eigenvalue weighted by Crippen LogP contribution is -2.13. The van der Waals surface area contributed by atoms with Gasteiger partial charge >= 0.3 is 5.69 Å². The summed E-state index contributed by atoms with van der Waals surface area (Å²) in [6.45, 7) is 0.306. The molecular formula is C19H17N5O6. The number of nitro groups is 2. The lowest BCUT2D eigenvalue weighted by atomic mass is 10.2. The van der Waals surface area contributed by atoms with Gasteiger partial charge in [-0.1, -0.05) is 12.1 Å². The van der Waals surface area contributed by atoms with Crippen LogP contribution in [0, 0.1) is 20.2 Å². The minimum absolute atomic E-state index is 0.0270. The summed E-state index contributed by atoms with van der Waals surface area (Å²) in [6, 6.07) is 14.2. The van der Waals surface area contributed by atoms with Gasteiger partial charge in [0.1, 0.15) is 18.0 Å². The molecule has 1 aromatic heterocycles. The van der Waals surface area contributed by atoms with Crippen LogP contribution in [0.1, 0.15) is 11.3 Å². The zero-order valence-electron chi connectivity index (χ0n) is 15.8. The number of benzene rings is 2. The van der Waals surface area contributed by atoms with Crippen molar-refractivity contribution in [3.63, 3.8) is 0 Å². The summed E-state index contributed by atoms with van der Waals surface area (Å²) < 4.78 is 6.61. The third kappa shape index (κ3) is 4.90. The molecule has 0 fully saturated rings. The minimum atomic E-state index is -0.717. The first-order chi connectivity index (χ1) is 14.5. The van der Waals surface area contributed by atoms with Crippen LogP contribution in [-0.2, 0) is 6.61 Å². The van der Waals surface area contributed by atoms with Crippen molar-refractivity contribution < 1.29 is 19.4 Å². The summed E-state index contributed by atoms with van der Waals surface area (Å²) in [5.41, 5.74) is 3.25. The van der Waals surface area contributed by atoms with Crippen molar-refractivity contribution in [1.82, 2.24) is 4.73 Å². The van der Waals surface area contributed by atoms with Crippen LogP contribution in [0.2, 0.25) is 0 Å². The molecule has 0 saturated heterocycles. The molecule has 0 aliphatic rings. The molecule has 0 saturated carbocycles. The third-order valence-electron chi connectivity index (χ3n) is 4.04. The fourth-order valence-electron chi connectivity index (χ4n) is 2.51. The third-order valence-corrected chi connectivity index (χ3v) is 4.04. The number of ether oxygens (including phenoxy) is 1. The van der Waals surface area contributed by atoms with Crippen molar-refractivity contribution in [3.05, 3.63) is 92.3 Å². The van der Waals surface area contributed by atoms with Gasteiger partial charge in [-0.15, -0.1) is 0 Å². The van der Waals surface area contributed by atoms with Crippen molar-refractivity contribution in [1.29, 1.82) is 0 Å². The van der Waals surface area contributed by atoms with Crippen molar-refractivity contribution in [2.45, 2.75) is 6.61 Å². The number of aromatic nitrogens is 1. The van der Waals surface area contributed by atoms with Crippen molar-refractivity contribution in [2.75, 3.05) is 12.5 Å². The molecule has 11 nitrogen and oxygen atoms in total. The average Bonchev–Trinajstić information content (AvgIpc) is 3.19. The number of nitrogens with zero attached hydrogens (tertiary/aromatic N) is 4. The first-order valence-corrected chi connectivity index (χ1v) is 8.63.